The molecular formula is C25H23N3O3S. The van der Waals surface area contributed by atoms with E-state index in [0.29, 0.717) is 17.1 Å². The molecule has 0 bridgehead atoms. The van der Waals surface area contributed by atoms with Crippen molar-refractivity contribution >= 4 is 28.8 Å². The molecule has 0 aliphatic heterocycles. The van der Waals surface area contributed by atoms with Gasteiger partial charge in [-0.2, -0.15) is 0 Å². The van der Waals surface area contributed by atoms with Crippen LogP contribution in [0.15, 0.2) is 82.8 Å². The van der Waals surface area contributed by atoms with Gasteiger partial charge in [0.2, 0.25) is 5.91 Å². The zero-order valence-electron chi connectivity index (χ0n) is 17.7. The highest BCUT2D eigenvalue weighted by Gasteiger charge is 2.23. The number of benzene rings is 2. The van der Waals surface area contributed by atoms with Gasteiger partial charge in [-0.05, 0) is 36.2 Å². The number of furan rings is 1. The Labute approximate surface area is 190 Å². The first kappa shape index (κ1) is 21.5. The maximum absolute atomic E-state index is 13.3. The van der Waals surface area contributed by atoms with Crippen molar-refractivity contribution in [1.82, 2.24) is 9.88 Å². The third-order valence-electron chi connectivity index (χ3n) is 4.94. The summed E-state index contributed by atoms with van der Waals surface area (Å²) in [6.45, 7) is 2.16. The maximum atomic E-state index is 13.3. The van der Waals surface area contributed by atoms with Crippen LogP contribution in [0.1, 0.15) is 28.7 Å². The van der Waals surface area contributed by atoms with Gasteiger partial charge in [0, 0.05) is 16.6 Å². The second-order valence-corrected chi connectivity index (χ2v) is 8.10. The van der Waals surface area contributed by atoms with Crippen molar-refractivity contribution < 1.29 is 14.0 Å². The third kappa shape index (κ3) is 5.31. The Bertz CT molecular complexity index is 1170. The molecule has 0 aliphatic carbocycles. The van der Waals surface area contributed by atoms with Crippen LogP contribution in [0.2, 0.25) is 0 Å². The Morgan fingerprint density at radius 1 is 1.03 bits per heavy atom. The molecule has 0 saturated carbocycles. The first-order valence-corrected chi connectivity index (χ1v) is 11.2. The number of aromatic nitrogens is 1. The van der Waals surface area contributed by atoms with Gasteiger partial charge in [0.25, 0.3) is 5.91 Å². The largest absolute Gasteiger partial charge is 0.467 e. The standard InChI is InChI=1S/C25H23N3O3S/c1-2-18-10-12-19(13-11-18)24-27-22(17-32-24)25(30)28(15-21-9-6-14-31-21)16-23(29)26-20-7-4-3-5-8-20/h3-14,17H,2,15-16H2,1H3,(H,26,29). The molecule has 0 spiro atoms. The van der Waals surface area contributed by atoms with Gasteiger partial charge >= 0.3 is 0 Å². The molecule has 0 radical (unpaired) electrons. The molecule has 0 aliphatic rings. The van der Waals surface area contributed by atoms with E-state index in [1.54, 1.807) is 35.9 Å². The van der Waals surface area contributed by atoms with E-state index < -0.39 is 0 Å². The fraction of sp³-hybridized carbons (Fsp3) is 0.160. The van der Waals surface area contributed by atoms with Crippen molar-refractivity contribution in [2.75, 3.05) is 11.9 Å². The summed E-state index contributed by atoms with van der Waals surface area (Å²) < 4.78 is 5.40. The summed E-state index contributed by atoms with van der Waals surface area (Å²) in [7, 11) is 0. The van der Waals surface area contributed by atoms with Crippen LogP contribution in [0.4, 0.5) is 5.69 Å². The lowest BCUT2D eigenvalue weighted by atomic mass is 10.1. The summed E-state index contributed by atoms with van der Waals surface area (Å²) in [6, 6.07) is 20.8. The van der Waals surface area contributed by atoms with Crippen LogP contribution in [-0.2, 0) is 17.8 Å². The lowest BCUT2D eigenvalue weighted by Crippen LogP contribution is -2.37. The van der Waals surface area contributed by atoms with E-state index >= 15 is 0 Å². The summed E-state index contributed by atoms with van der Waals surface area (Å²) in [5.74, 6) is -0.0181. The highest BCUT2D eigenvalue weighted by Crippen LogP contribution is 2.25. The molecule has 0 fully saturated rings. The molecular weight excluding hydrogens is 422 g/mol. The van der Waals surface area contributed by atoms with Crippen LogP contribution in [0, 0.1) is 0 Å². The van der Waals surface area contributed by atoms with E-state index in [0.717, 1.165) is 17.0 Å². The van der Waals surface area contributed by atoms with E-state index in [9.17, 15) is 9.59 Å². The molecule has 7 heteroatoms. The Hall–Kier alpha value is -3.71. The van der Waals surface area contributed by atoms with Crippen molar-refractivity contribution in [1.29, 1.82) is 0 Å². The molecule has 0 saturated heterocycles. The van der Waals surface area contributed by atoms with Gasteiger partial charge < -0.3 is 14.6 Å². The predicted molar refractivity (Wildman–Crippen MR) is 125 cm³/mol. The van der Waals surface area contributed by atoms with E-state index in [1.807, 2.05) is 30.3 Å². The monoisotopic (exact) mass is 445 g/mol. The molecule has 4 aromatic rings. The summed E-state index contributed by atoms with van der Waals surface area (Å²) in [4.78, 5) is 31.9. The van der Waals surface area contributed by atoms with E-state index in [1.165, 1.54) is 21.8 Å². The van der Waals surface area contributed by atoms with Crippen LogP contribution in [0.3, 0.4) is 0 Å². The van der Waals surface area contributed by atoms with Crippen molar-refractivity contribution in [2.45, 2.75) is 19.9 Å². The number of aryl methyl sites for hydroxylation is 1. The number of hydrogen-bond acceptors (Lipinski definition) is 5. The molecule has 2 aromatic heterocycles. The highest BCUT2D eigenvalue weighted by atomic mass is 32.1. The van der Waals surface area contributed by atoms with Gasteiger partial charge in [0.15, 0.2) is 0 Å². The zero-order chi connectivity index (χ0) is 22.3. The molecule has 6 nitrogen and oxygen atoms in total. The topological polar surface area (TPSA) is 75.4 Å². The molecule has 2 aromatic carbocycles. The van der Waals surface area contributed by atoms with Crippen LogP contribution in [0.5, 0.6) is 0 Å². The SMILES string of the molecule is CCc1ccc(-c2nc(C(=O)N(CC(=O)Nc3ccccc3)Cc3ccco3)cs2)cc1. The molecule has 0 unspecified atom stereocenters. The average Bonchev–Trinajstić information content (AvgIpc) is 3.51. The van der Waals surface area contributed by atoms with Gasteiger partial charge in [-0.1, -0.05) is 49.4 Å². The molecule has 1 N–H and O–H groups in total. The van der Waals surface area contributed by atoms with Crippen molar-refractivity contribution in [2.24, 2.45) is 0 Å². The van der Waals surface area contributed by atoms with Crippen molar-refractivity contribution in [3.05, 3.63) is 95.4 Å². The number of rotatable bonds is 8. The Balaban J connectivity index is 1.51. The fourth-order valence-corrected chi connectivity index (χ4v) is 4.04. The number of anilines is 1. The number of carbonyl (C=O) groups excluding carboxylic acids is 2. The minimum atomic E-state index is -0.322. The molecule has 2 amide bonds. The summed E-state index contributed by atoms with van der Waals surface area (Å²) >= 11 is 1.41. The van der Waals surface area contributed by atoms with Crippen LogP contribution in [0.25, 0.3) is 10.6 Å². The van der Waals surface area contributed by atoms with Gasteiger partial charge in [-0.25, -0.2) is 4.98 Å². The normalized spacial score (nSPS) is 10.7. The number of hydrogen-bond donors (Lipinski definition) is 1. The van der Waals surface area contributed by atoms with Gasteiger partial charge in [-0.15, -0.1) is 11.3 Å². The quantitative estimate of drug-likeness (QED) is 0.402. The number of thiazole rings is 1. The van der Waals surface area contributed by atoms with Crippen molar-refractivity contribution in [3.63, 3.8) is 0 Å². The number of nitrogens with one attached hydrogen (secondary N) is 1. The Morgan fingerprint density at radius 3 is 2.50 bits per heavy atom. The first-order valence-electron chi connectivity index (χ1n) is 10.3. The van der Waals surface area contributed by atoms with Crippen molar-refractivity contribution in [3.8, 4) is 10.6 Å². The average molecular weight is 446 g/mol. The van der Waals surface area contributed by atoms with Crippen LogP contribution < -0.4 is 5.32 Å². The van der Waals surface area contributed by atoms with Gasteiger partial charge in [-0.3, -0.25) is 9.59 Å². The molecule has 2 heterocycles. The zero-order valence-corrected chi connectivity index (χ0v) is 18.5. The number of carbonyl (C=O) groups is 2. The lowest BCUT2D eigenvalue weighted by molar-refractivity contribution is -0.117. The predicted octanol–water partition coefficient (Wildman–Crippen LogP) is 5.25. The number of nitrogens with zero attached hydrogens (tertiary/aromatic N) is 2. The summed E-state index contributed by atoms with van der Waals surface area (Å²) in [5.41, 5.74) is 3.19. The van der Waals surface area contributed by atoms with Crippen LogP contribution in [-0.4, -0.2) is 28.2 Å². The maximum Gasteiger partial charge on any atom is 0.274 e. The van der Waals surface area contributed by atoms with Gasteiger partial charge in [0.05, 0.1) is 12.8 Å². The highest BCUT2D eigenvalue weighted by molar-refractivity contribution is 7.13. The second kappa shape index (κ2) is 10.1. The molecule has 162 valence electrons. The lowest BCUT2D eigenvalue weighted by Gasteiger charge is -2.20. The minimum Gasteiger partial charge on any atom is -0.467 e. The van der Waals surface area contributed by atoms with E-state index in [2.05, 4.69) is 29.4 Å². The Kier molecular flexibility index (Phi) is 6.77. The molecule has 0 atom stereocenters. The summed E-state index contributed by atoms with van der Waals surface area (Å²) in [5, 5.41) is 5.32. The third-order valence-corrected chi connectivity index (χ3v) is 5.83. The minimum absolute atomic E-state index is 0.119. The smallest absolute Gasteiger partial charge is 0.274 e. The number of para-hydroxylation sites is 1. The van der Waals surface area contributed by atoms with Gasteiger partial charge in [0.1, 0.15) is 23.0 Å². The Morgan fingerprint density at radius 2 is 1.81 bits per heavy atom. The van der Waals surface area contributed by atoms with E-state index in [-0.39, 0.29) is 24.9 Å². The van der Waals surface area contributed by atoms with E-state index in [4.69, 9.17) is 4.42 Å². The second-order valence-electron chi connectivity index (χ2n) is 7.24. The molecule has 32 heavy (non-hydrogen) atoms. The first-order chi connectivity index (χ1) is 15.6. The summed E-state index contributed by atoms with van der Waals surface area (Å²) in [6.07, 6.45) is 2.51. The molecule has 4 rings (SSSR count). The number of amides is 2. The van der Waals surface area contributed by atoms with Crippen LogP contribution >= 0.6 is 11.3 Å². The fourth-order valence-electron chi connectivity index (χ4n) is 3.24.